The van der Waals surface area contributed by atoms with Gasteiger partial charge in [-0.3, -0.25) is 0 Å². The molecule has 0 saturated carbocycles. The van der Waals surface area contributed by atoms with E-state index in [0.717, 1.165) is 0 Å². The first kappa shape index (κ1) is 6.10. The molecule has 0 spiro atoms. The van der Waals surface area contributed by atoms with Crippen LogP contribution in [0.2, 0.25) is 6.55 Å². The Kier molecular flexibility index (Phi) is 2.34. The lowest BCUT2D eigenvalue weighted by Crippen LogP contribution is -2.44. The number of hydrogen-bond acceptors (Lipinski definition) is 3. The van der Waals surface area contributed by atoms with Gasteiger partial charge in [0.05, 0.1) is 5.79 Å². The van der Waals surface area contributed by atoms with E-state index in [1.807, 2.05) is 0 Å². The predicted molar refractivity (Wildman–Crippen MR) is 26.0 cm³/mol. The monoisotopic (exact) mass is 105 g/mol. The van der Waals surface area contributed by atoms with Gasteiger partial charge in [-0.25, -0.2) is 0 Å². The second-order valence-electron chi connectivity index (χ2n) is 1.17. The van der Waals surface area contributed by atoms with Crippen LogP contribution in [0.5, 0.6) is 0 Å². The fourth-order valence-electron chi connectivity index (χ4n) is 0. The molecule has 0 rings (SSSR count). The minimum atomic E-state index is -1.40. The molecular formula is C2H9N2OSi. The Labute approximate surface area is 38.7 Å². The lowest BCUT2D eigenvalue weighted by Gasteiger charge is -2.01. The molecule has 0 aromatic rings. The van der Waals surface area contributed by atoms with Gasteiger partial charge in [0.15, 0.2) is 0 Å². The maximum absolute atomic E-state index is 8.48. The number of hydrogen-bond donors (Lipinski definition) is 3. The molecule has 37 valence electrons. The average Bonchev–Trinajstić information content (AvgIpc) is 1.36. The second kappa shape index (κ2) is 2.30. The number of nitrogens with two attached hydrogens (primary N) is 2. The third-order valence-corrected chi connectivity index (χ3v) is 1.45. The van der Waals surface area contributed by atoms with Crippen LogP contribution in [0.15, 0.2) is 0 Å². The molecule has 4 heteroatoms. The van der Waals surface area contributed by atoms with Crippen LogP contribution in [0.1, 0.15) is 0 Å². The smallest absolute Gasteiger partial charge is 0.236 e. The summed E-state index contributed by atoms with van der Waals surface area (Å²) in [6.45, 7) is 1.65. The summed E-state index contributed by atoms with van der Waals surface area (Å²) in [7, 11) is -1.40. The minimum absolute atomic E-state index is 0.491. The molecule has 0 aliphatic rings. The van der Waals surface area contributed by atoms with Crippen molar-refractivity contribution in [1.82, 2.24) is 0 Å². The van der Waals surface area contributed by atoms with Crippen LogP contribution in [-0.2, 0) is 0 Å². The maximum atomic E-state index is 8.48. The molecular weight excluding hydrogens is 96.1 g/mol. The third kappa shape index (κ3) is 2.34. The summed E-state index contributed by atoms with van der Waals surface area (Å²) in [6.07, 6.45) is 0. The van der Waals surface area contributed by atoms with E-state index in [-0.39, 0.29) is 0 Å². The quantitative estimate of drug-likeness (QED) is 0.277. The van der Waals surface area contributed by atoms with Crippen molar-refractivity contribution in [2.24, 2.45) is 11.5 Å². The van der Waals surface area contributed by atoms with Crippen LogP contribution in [0.4, 0.5) is 0 Å². The predicted octanol–water partition coefficient (Wildman–Crippen LogP) is -1.62. The number of rotatable bonds is 1. The van der Waals surface area contributed by atoms with E-state index >= 15 is 0 Å². The highest BCUT2D eigenvalue weighted by Crippen LogP contribution is 1.68. The lowest BCUT2D eigenvalue weighted by molar-refractivity contribution is 0.556. The summed E-state index contributed by atoms with van der Waals surface area (Å²) in [5.74, 6) is -0.491. The van der Waals surface area contributed by atoms with Gasteiger partial charge in [0.2, 0.25) is 9.04 Å². The van der Waals surface area contributed by atoms with Crippen LogP contribution in [0.3, 0.4) is 0 Å². The Bertz CT molecular complexity index is 32.5. The van der Waals surface area contributed by atoms with E-state index < -0.39 is 14.8 Å². The molecule has 0 saturated heterocycles. The largest absolute Gasteiger partial charge is 0.429 e. The van der Waals surface area contributed by atoms with Crippen LogP contribution in [0, 0.1) is 0 Å². The molecule has 6 heavy (non-hydrogen) atoms. The third-order valence-electron chi connectivity index (χ3n) is 0.482. The van der Waals surface area contributed by atoms with Gasteiger partial charge >= 0.3 is 0 Å². The van der Waals surface area contributed by atoms with E-state index in [4.69, 9.17) is 16.3 Å². The van der Waals surface area contributed by atoms with Crippen molar-refractivity contribution in [1.29, 1.82) is 0 Å². The summed E-state index contributed by atoms with van der Waals surface area (Å²) in [5, 5.41) is 0. The van der Waals surface area contributed by atoms with Gasteiger partial charge in [0.1, 0.15) is 0 Å². The van der Waals surface area contributed by atoms with E-state index in [9.17, 15) is 0 Å². The van der Waals surface area contributed by atoms with Gasteiger partial charge in [0.25, 0.3) is 0 Å². The fourth-order valence-corrected chi connectivity index (χ4v) is 0. The molecule has 0 aliphatic carbocycles. The van der Waals surface area contributed by atoms with Gasteiger partial charge in [-0.1, -0.05) is 0 Å². The van der Waals surface area contributed by atoms with Crippen molar-refractivity contribution in [2.75, 3.05) is 0 Å². The van der Waals surface area contributed by atoms with Crippen LogP contribution >= 0.6 is 0 Å². The highest BCUT2D eigenvalue weighted by Gasteiger charge is 2.03. The Hall–Kier alpha value is 0.0969. The van der Waals surface area contributed by atoms with Gasteiger partial charge in [-0.2, -0.15) is 0 Å². The molecule has 0 atom stereocenters. The molecule has 0 heterocycles. The summed E-state index contributed by atoms with van der Waals surface area (Å²) in [4.78, 5) is 8.48. The topological polar surface area (TPSA) is 72.3 Å². The molecule has 0 amide bonds. The Morgan fingerprint density at radius 3 is 1.83 bits per heavy atom. The van der Waals surface area contributed by atoms with Gasteiger partial charge in [-0.05, 0) is 6.55 Å². The summed E-state index contributed by atoms with van der Waals surface area (Å²) < 4.78 is 0. The van der Waals surface area contributed by atoms with E-state index in [1.165, 1.54) is 0 Å². The average molecular weight is 105 g/mol. The normalized spacial score (nSPS) is 11.0. The van der Waals surface area contributed by atoms with Gasteiger partial charge < -0.3 is 16.3 Å². The molecule has 0 aliphatic heterocycles. The van der Waals surface area contributed by atoms with E-state index in [1.54, 1.807) is 6.55 Å². The van der Waals surface area contributed by atoms with Gasteiger partial charge in [-0.15, -0.1) is 0 Å². The van der Waals surface area contributed by atoms with E-state index in [0.29, 0.717) is 0 Å². The van der Waals surface area contributed by atoms with Crippen LogP contribution < -0.4 is 11.5 Å². The Balaban J connectivity index is 2.99. The summed E-state index contributed by atoms with van der Waals surface area (Å²) >= 11 is 0. The molecule has 0 unspecified atom stereocenters. The van der Waals surface area contributed by atoms with Crippen molar-refractivity contribution in [3.63, 3.8) is 0 Å². The second-order valence-corrected chi connectivity index (χ2v) is 3.12. The summed E-state index contributed by atoms with van der Waals surface area (Å²) in [6, 6.07) is 0. The van der Waals surface area contributed by atoms with Crippen molar-refractivity contribution < 1.29 is 4.80 Å². The molecule has 0 fully saturated rings. The minimum Gasteiger partial charge on any atom is -0.429 e. The Morgan fingerprint density at radius 2 is 1.83 bits per heavy atom. The molecule has 0 bridgehead atoms. The molecule has 3 nitrogen and oxygen atoms in total. The first-order chi connectivity index (χ1) is 2.64. The van der Waals surface area contributed by atoms with Crippen molar-refractivity contribution in [2.45, 2.75) is 12.3 Å². The van der Waals surface area contributed by atoms with Crippen molar-refractivity contribution in [3.8, 4) is 0 Å². The zero-order valence-electron chi connectivity index (χ0n) is 3.68. The standard InChI is InChI=1S/C2H9N2OSi/c1-6(5)2(3)4/h2,5H,3-4H2,1H3. The first-order valence-corrected chi connectivity index (χ1v) is 3.70. The van der Waals surface area contributed by atoms with Crippen LogP contribution in [-0.4, -0.2) is 19.6 Å². The molecule has 5 N–H and O–H groups in total. The van der Waals surface area contributed by atoms with Crippen molar-refractivity contribution in [3.05, 3.63) is 0 Å². The molecule has 1 radical (unpaired) electrons. The molecule has 0 aromatic heterocycles. The zero-order valence-corrected chi connectivity index (χ0v) is 4.68. The van der Waals surface area contributed by atoms with E-state index in [2.05, 4.69) is 0 Å². The van der Waals surface area contributed by atoms with Crippen LogP contribution in [0.25, 0.3) is 0 Å². The van der Waals surface area contributed by atoms with Gasteiger partial charge in [0, 0.05) is 0 Å². The summed E-state index contributed by atoms with van der Waals surface area (Å²) in [5.41, 5.74) is 10.0. The Morgan fingerprint density at radius 1 is 1.67 bits per heavy atom. The highest BCUT2D eigenvalue weighted by atomic mass is 28.3. The lowest BCUT2D eigenvalue weighted by atomic mass is 11.2. The SMILES string of the molecule is C[Si](O)C(N)N. The fraction of sp³-hybridized carbons (Fsp3) is 1.00. The zero-order chi connectivity index (χ0) is 5.15. The van der Waals surface area contributed by atoms with Crippen molar-refractivity contribution >= 4 is 9.04 Å². The first-order valence-electron chi connectivity index (χ1n) is 1.68. The highest BCUT2D eigenvalue weighted by molar-refractivity contribution is 6.50. The maximum Gasteiger partial charge on any atom is 0.236 e. The molecule has 0 aromatic carbocycles.